The summed E-state index contributed by atoms with van der Waals surface area (Å²) in [7, 11) is 0. The van der Waals surface area contributed by atoms with Gasteiger partial charge in [0.15, 0.2) is 0 Å². The number of ether oxygens (including phenoxy) is 3. The summed E-state index contributed by atoms with van der Waals surface area (Å²) in [6.45, 7) is 2.40. The lowest BCUT2D eigenvalue weighted by atomic mass is 9.94. The van der Waals surface area contributed by atoms with Gasteiger partial charge in [-0.3, -0.25) is 0 Å². The molecular formula is C13H30O9. The summed E-state index contributed by atoms with van der Waals surface area (Å²) >= 11 is 0. The minimum Gasteiger partial charge on any atom is -0.396 e. The van der Waals surface area contributed by atoms with Crippen LogP contribution >= 0.6 is 0 Å². The smallest absolute Gasteiger partial charge is 0.143 e. The highest BCUT2D eigenvalue weighted by molar-refractivity contribution is 4.72. The number of rotatable bonds is 12. The molecule has 0 saturated heterocycles. The predicted molar refractivity (Wildman–Crippen MR) is 76.6 cm³/mol. The molecule has 0 fully saturated rings. The Morgan fingerprint density at radius 3 is 0.955 bits per heavy atom. The molecule has 22 heavy (non-hydrogen) atoms. The van der Waals surface area contributed by atoms with Gasteiger partial charge >= 0.3 is 0 Å². The maximum atomic E-state index is 8.48. The zero-order valence-electron chi connectivity index (χ0n) is 13.3. The van der Waals surface area contributed by atoms with Crippen molar-refractivity contribution in [3.63, 3.8) is 0 Å². The van der Waals surface area contributed by atoms with E-state index in [0.717, 1.165) is 0 Å². The van der Waals surface area contributed by atoms with E-state index in [-0.39, 0.29) is 60.0 Å². The highest BCUT2D eigenvalue weighted by atomic mass is 16.6. The van der Waals surface area contributed by atoms with E-state index in [9.17, 15) is 0 Å². The molecule has 6 N–H and O–H groups in total. The molecule has 0 radical (unpaired) electrons. The third-order valence-corrected chi connectivity index (χ3v) is 2.77. The van der Waals surface area contributed by atoms with E-state index < -0.39 is 10.8 Å². The van der Waals surface area contributed by atoms with Crippen LogP contribution in [-0.2, 0) is 14.2 Å². The summed E-state index contributed by atoms with van der Waals surface area (Å²) in [6.07, 6.45) is 0. The van der Waals surface area contributed by atoms with Crippen molar-refractivity contribution in [1.29, 1.82) is 0 Å². The van der Waals surface area contributed by atoms with Crippen LogP contribution in [0, 0.1) is 10.8 Å². The molecule has 0 saturated carbocycles. The van der Waals surface area contributed by atoms with Crippen LogP contribution in [0.25, 0.3) is 0 Å². The third kappa shape index (κ3) is 12.2. The number of aliphatic hydroxyl groups is 6. The number of aliphatic hydroxyl groups excluding tert-OH is 6. The normalized spacial score (nSPS) is 12.0. The summed E-state index contributed by atoms with van der Waals surface area (Å²) in [6, 6.07) is 0. The van der Waals surface area contributed by atoms with Crippen LogP contribution in [0.3, 0.4) is 0 Å². The standard InChI is InChI=1S/C8H18O6.C5H12O3/c1-8(2-12-5-9,3-13-6-10)4-14-7-11;1-5(2-6,3-7)4-8/h9-11H,2-7H2,1H3;6-8H,2-4H2,1H3. The molecule has 9 nitrogen and oxygen atoms in total. The van der Waals surface area contributed by atoms with Gasteiger partial charge in [-0.25, -0.2) is 0 Å². The molecular weight excluding hydrogens is 300 g/mol. The molecule has 0 rings (SSSR count). The van der Waals surface area contributed by atoms with Gasteiger partial charge in [-0.05, 0) is 0 Å². The lowest BCUT2D eigenvalue weighted by molar-refractivity contribution is -0.126. The molecule has 0 aromatic carbocycles. The Hall–Kier alpha value is -0.360. The molecule has 136 valence electrons. The first-order valence-electron chi connectivity index (χ1n) is 6.75. The van der Waals surface area contributed by atoms with E-state index in [1.165, 1.54) is 0 Å². The van der Waals surface area contributed by atoms with Gasteiger partial charge in [-0.2, -0.15) is 0 Å². The van der Waals surface area contributed by atoms with Crippen molar-refractivity contribution in [2.45, 2.75) is 13.8 Å². The van der Waals surface area contributed by atoms with Crippen molar-refractivity contribution in [2.75, 3.05) is 60.0 Å². The molecule has 0 amide bonds. The van der Waals surface area contributed by atoms with Gasteiger partial charge in [0.2, 0.25) is 0 Å². The Balaban J connectivity index is 0. The van der Waals surface area contributed by atoms with Crippen LogP contribution < -0.4 is 0 Å². The van der Waals surface area contributed by atoms with Crippen molar-refractivity contribution < 1.29 is 44.8 Å². The summed E-state index contributed by atoms with van der Waals surface area (Å²) in [5.41, 5.74) is -1.20. The van der Waals surface area contributed by atoms with Crippen LogP contribution in [0.2, 0.25) is 0 Å². The molecule has 0 aromatic heterocycles. The van der Waals surface area contributed by atoms with E-state index in [1.54, 1.807) is 13.8 Å². The zero-order valence-corrected chi connectivity index (χ0v) is 13.3. The van der Waals surface area contributed by atoms with Crippen molar-refractivity contribution in [1.82, 2.24) is 0 Å². The van der Waals surface area contributed by atoms with E-state index in [2.05, 4.69) is 0 Å². The fourth-order valence-electron chi connectivity index (χ4n) is 1.15. The van der Waals surface area contributed by atoms with Crippen molar-refractivity contribution in [3.8, 4) is 0 Å². The first-order chi connectivity index (χ1) is 10.4. The Morgan fingerprint density at radius 2 is 0.818 bits per heavy atom. The second-order valence-electron chi connectivity index (χ2n) is 5.53. The SMILES string of the molecule is CC(CO)(CO)CO.CC(COCO)(COCO)COCO. The van der Waals surface area contributed by atoms with Crippen molar-refractivity contribution >= 4 is 0 Å². The highest BCUT2D eigenvalue weighted by Crippen LogP contribution is 2.17. The predicted octanol–water partition coefficient (Wildman–Crippen LogP) is -2.14. The van der Waals surface area contributed by atoms with E-state index in [1.807, 2.05) is 0 Å². The maximum absolute atomic E-state index is 8.48. The first kappa shape index (κ1) is 23.9. The summed E-state index contributed by atoms with van der Waals surface area (Å²) in [5.74, 6) is 0. The van der Waals surface area contributed by atoms with Crippen LogP contribution in [0.4, 0.5) is 0 Å². The minimum absolute atomic E-state index is 0.181. The quantitative estimate of drug-likeness (QED) is 0.220. The topological polar surface area (TPSA) is 149 Å². The zero-order chi connectivity index (χ0) is 17.5. The van der Waals surface area contributed by atoms with Gasteiger partial charge in [0.1, 0.15) is 20.4 Å². The summed E-state index contributed by atoms with van der Waals surface area (Å²) in [4.78, 5) is 0. The monoisotopic (exact) mass is 330 g/mol. The van der Waals surface area contributed by atoms with E-state index in [0.29, 0.717) is 0 Å². The van der Waals surface area contributed by atoms with Gasteiger partial charge in [0.05, 0.1) is 39.6 Å². The molecule has 0 spiro atoms. The second kappa shape index (κ2) is 14.2. The summed E-state index contributed by atoms with van der Waals surface area (Å²) in [5, 5.41) is 50.8. The molecule has 9 heteroatoms. The Kier molecular flexibility index (Phi) is 15.5. The van der Waals surface area contributed by atoms with Gasteiger partial charge in [0.25, 0.3) is 0 Å². The van der Waals surface area contributed by atoms with Crippen LogP contribution in [-0.4, -0.2) is 90.7 Å². The van der Waals surface area contributed by atoms with Crippen LogP contribution in [0.1, 0.15) is 13.8 Å². The maximum Gasteiger partial charge on any atom is 0.143 e. The molecule has 0 aliphatic heterocycles. The Labute approximate surface area is 130 Å². The molecule has 0 atom stereocenters. The molecule has 0 unspecified atom stereocenters. The molecule has 0 bridgehead atoms. The molecule has 0 heterocycles. The second-order valence-corrected chi connectivity index (χ2v) is 5.53. The molecule has 0 aromatic rings. The minimum atomic E-state index is -0.708. The molecule has 0 aliphatic rings. The van der Waals surface area contributed by atoms with Gasteiger partial charge in [0, 0.05) is 10.8 Å². The lowest BCUT2D eigenvalue weighted by Gasteiger charge is -2.27. The van der Waals surface area contributed by atoms with Gasteiger partial charge in [-0.15, -0.1) is 0 Å². The first-order valence-corrected chi connectivity index (χ1v) is 6.75. The fourth-order valence-corrected chi connectivity index (χ4v) is 1.15. The van der Waals surface area contributed by atoms with Gasteiger partial charge < -0.3 is 44.8 Å². The van der Waals surface area contributed by atoms with Crippen LogP contribution in [0.15, 0.2) is 0 Å². The molecule has 0 aliphatic carbocycles. The average molecular weight is 330 g/mol. The Morgan fingerprint density at radius 1 is 0.545 bits per heavy atom. The largest absolute Gasteiger partial charge is 0.396 e. The van der Waals surface area contributed by atoms with Gasteiger partial charge in [-0.1, -0.05) is 13.8 Å². The Bertz CT molecular complexity index is 204. The number of hydrogen-bond acceptors (Lipinski definition) is 9. The summed E-state index contributed by atoms with van der Waals surface area (Å²) < 4.78 is 14.5. The lowest BCUT2D eigenvalue weighted by Crippen LogP contribution is -2.34. The fraction of sp³-hybridized carbons (Fsp3) is 1.00. The highest BCUT2D eigenvalue weighted by Gasteiger charge is 2.25. The number of hydrogen-bond donors (Lipinski definition) is 6. The average Bonchev–Trinajstić information content (AvgIpc) is 2.56. The van der Waals surface area contributed by atoms with E-state index >= 15 is 0 Å². The van der Waals surface area contributed by atoms with E-state index in [4.69, 9.17) is 44.8 Å². The van der Waals surface area contributed by atoms with Crippen molar-refractivity contribution in [3.05, 3.63) is 0 Å². The van der Waals surface area contributed by atoms with Crippen molar-refractivity contribution in [2.24, 2.45) is 10.8 Å². The van der Waals surface area contributed by atoms with Crippen LogP contribution in [0.5, 0.6) is 0 Å². The third-order valence-electron chi connectivity index (χ3n) is 2.77.